The number of nitrogens with one attached hydrogen (secondary N) is 1. The molecule has 0 aliphatic heterocycles. The van der Waals surface area contributed by atoms with Gasteiger partial charge in [0.1, 0.15) is 0 Å². The van der Waals surface area contributed by atoms with Crippen molar-refractivity contribution >= 4 is 16.0 Å². The van der Waals surface area contributed by atoms with Crippen LogP contribution in [0, 0.1) is 44.4 Å². The van der Waals surface area contributed by atoms with Crippen molar-refractivity contribution in [2.24, 2.45) is 23.7 Å². The van der Waals surface area contributed by atoms with E-state index in [4.69, 9.17) is 5.11 Å². The van der Waals surface area contributed by atoms with Crippen LogP contribution in [0.5, 0.6) is 0 Å². The number of aliphatic carboxylic acids is 1. The highest BCUT2D eigenvalue weighted by Gasteiger charge is 2.42. The molecule has 3 saturated carbocycles. The zero-order valence-electron chi connectivity index (χ0n) is 18.4. The van der Waals surface area contributed by atoms with Gasteiger partial charge in [-0.3, -0.25) is 4.79 Å². The van der Waals surface area contributed by atoms with E-state index >= 15 is 0 Å². The summed E-state index contributed by atoms with van der Waals surface area (Å²) in [5, 5.41) is 8.79. The third-order valence-corrected chi connectivity index (χ3v) is 8.69. The number of carbonyl (C=O) groups is 1. The first-order chi connectivity index (χ1) is 14.2. The van der Waals surface area contributed by atoms with Gasteiger partial charge in [0, 0.05) is 13.0 Å². The number of rotatable bonds is 9. The fraction of sp³-hybridized carbons (Fsp3) is 0.625. The van der Waals surface area contributed by atoms with Crippen LogP contribution >= 0.6 is 0 Å². The van der Waals surface area contributed by atoms with E-state index in [1.165, 1.54) is 25.7 Å². The fourth-order valence-corrected chi connectivity index (χ4v) is 7.24. The first-order valence-corrected chi connectivity index (χ1v) is 12.6. The molecule has 2 bridgehead atoms. The van der Waals surface area contributed by atoms with Crippen LogP contribution in [0.25, 0.3) is 0 Å². The van der Waals surface area contributed by atoms with E-state index in [0.29, 0.717) is 41.5 Å². The first kappa shape index (κ1) is 23.0. The zero-order chi connectivity index (χ0) is 21.9. The molecule has 0 aromatic heterocycles. The van der Waals surface area contributed by atoms with E-state index in [9.17, 15) is 13.2 Å². The maximum Gasteiger partial charge on any atom is 0.303 e. The molecule has 5 nitrogen and oxygen atoms in total. The van der Waals surface area contributed by atoms with Gasteiger partial charge in [0.05, 0.1) is 4.90 Å². The Balaban J connectivity index is 1.70. The molecule has 3 aliphatic rings. The van der Waals surface area contributed by atoms with Crippen molar-refractivity contribution in [3.8, 4) is 0 Å². The summed E-state index contributed by atoms with van der Waals surface area (Å²) in [6.45, 7) is 6.18. The second-order valence-corrected chi connectivity index (χ2v) is 10.9. The molecule has 30 heavy (non-hydrogen) atoms. The minimum Gasteiger partial charge on any atom is -0.481 e. The Labute approximate surface area is 181 Å². The molecule has 1 aromatic rings. The van der Waals surface area contributed by atoms with Crippen LogP contribution in [0.3, 0.4) is 0 Å². The minimum atomic E-state index is -3.56. The number of hydrogen-bond donors (Lipinski definition) is 2. The molecule has 0 saturated heterocycles. The van der Waals surface area contributed by atoms with Crippen molar-refractivity contribution in [2.75, 3.05) is 6.54 Å². The molecule has 0 radical (unpaired) electrons. The average molecular weight is 434 g/mol. The summed E-state index contributed by atoms with van der Waals surface area (Å²) in [5.41, 5.74) is 2.65. The third-order valence-electron chi connectivity index (χ3n) is 6.96. The lowest BCUT2D eigenvalue weighted by atomic mass is 9.58. The molecule has 166 valence electrons. The normalized spacial score (nSPS) is 26.4. The molecule has 2 N–H and O–H groups in total. The Morgan fingerprint density at radius 1 is 1.10 bits per heavy atom. The standard InChI is InChI=1S/C24H35NO4S/c1-16-13-17(2)24(18(3)14-16)30(28,29)25-15-22-20-11-9-19(10-12-20)21(22)7-5-4-6-8-23(26)27/h5,7,13-14,19-22,25H,4,6,8-12,15H2,1-3H3,(H,26,27)/b7-5-/t19?,20?,21-,22+/m1/s1. The smallest absolute Gasteiger partial charge is 0.303 e. The van der Waals surface area contributed by atoms with E-state index in [1.807, 2.05) is 32.9 Å². The molecule has 0 unspecified atom stereocenters. The molecule has 4 rings (SSSR count). The van der Waals surface area contributed by atoms with Crippen LogP contribution in [-0.4, -0.2) is 26.0 Å². The van der Waals surface area contributed by atoms with Crippen LogP contribution in [-0.2, 0) is 14.8 Å². The van der Waals surface area contributed by atoms with Crippen molar-refractivity contribution < 1.29 is 18.3 Å². The van der Waals surface area contributed by atoms with Crippen molar-refractivity contribution in [3.63, 3.8) is 0 Å². The molecule has 3 aliphatic carbocycles. The Morgan fingerprint density at radius 2 is 1.70 bits per heavy atom. The van der Waals surface area contributed by atoms with Gasteiger partial charge >= 0.3 is 5.97 Å². The van der Waals surface area contributed by atoms with E-state index in [-0.39, 0.29) is 6.42 Å². The van der Waals surface area contributed by atoms with Gasteiger partial charge in [0.15, 0.2) is 0 Å². The Morgan fingerprint density at radius 3 is 2.30 bits per heavy atom. The van der Waals surface area contributed by atoms with Gasteiger partial charge in [0.25, 0.3) is 0 Å². The quantitative estimate of drug-likeness (QED) is 0.435. The molecular weight excluding hydrogens is 398 g/mol. The van der Waals surface area contributed by atoms with Crippen LogP contribution in [0.2, 0.25) is 0 Å². The Kier molecular flexibility index (Phi) is 7.40. The van der Waals surface area contributed by atoms with Crippen molar-refractivity contribution in [2.45, 2.75) is 70.6 Å². The van der Waals surface area contributed by atoms with Gasteiger partial charge in [-0.1, -0.05) is 29.8 Å². The van der Waals surface area contributed by atoms with E-state index in [0.717, 1.165) is 23.1 Å². The van der Waals surface area contributed by atoms with Gasteiger partial charge in [-0.2, -0.15) is 0 Å². The van der Waals surface area contributed by atoms with Crippen LogP contribution in [0.1, 0.15) is 61.6 Å². The molecule has 6 heteroatoms. The predicted octanol–water partition coefficient (Wildman–Crippen LogP) is 4.75. The second kappa shape index (κ2) is 9.65. The zero-order valence-corrected chi connectivity index (χ0v) is 19.2. The van der Waals surface area contributed by atoms with E-state index in [1.54, 1.807) is 0 Å². The van der Waals surface area contributed by atoms with Gasteiger partial charge in [-0.15, -0.1) is 0 Å². The minimum absolute atomic E-state index is 0.194. The number of hydrogen-bond acceptors (Lipinski definition) is 3. The molecule has 1 aromatic carbocycles. The van der Waals surface area contributed by atoms with Crippen molar-refractivity contribution in [3.05, 3.63) is 41.0 Å². The van der Waals surface area contributed by atoms with E-state index in [2.05, 4.69) is 16.9 Å². The Bertz CT molecular complexity index is 875. The lowest BCUT2D eigenvalue weighted by Crippen LogP contribution is -2.45. The predicted molar refractivity (Wildman–Crippen MR) is 119 cm³/mol. The highest BCUT2D eigenvalue weighted by molar-refractivity contribution is 7.89. The molecule has 2 atom stereocenters. The fourth-order valence-electron chi connectivity index (χ4n) is 5.72. The number of carboxylic acid groups (broad SMARTS) is 1. The summed E-state index contributed by atoms with van der Waals surface area (Å²) in [6.07, 6.45) is 10.8. The average Bonchev–Trinajstić information content (AvgIpc) is 2.66. The highest BCUT2D eigenvalue weighted by atomic mass is 32.2. The Hall–Kier alpha value is -1.66. The van der Waals surface area contributed by atoms with Crippen LogP contribution < -0.4 is 4.72 Å². The van der Waals surface area contributed by atoms with Gasteiger partial charge in [-0.25, -0.2) is 13.1 Å². The van der Waals surface area contributed by atoms with Crippen LogP contribution in [0.15, 0.2) is 29.2 Å². The lowest BCUT2D eigenvalue weighted by Gasteiger charge is -2.48. The summed E-state index contributed by atoms with van der Waals surface area (Å²) < 4.78 is 29.2. The SMILES string of the molecule is Cc1cc(C)c(S(=O)(=O)NC[C@H]2C3CCC(CC3)[C@H]2/C=C\CCCC(=O)O)c(C)c1. The topological polar surface area (TPSA) is 83.5 Å². The number of aryl methyl sites for hydroxylation is 3. The lowest BCUT2D eigenvalue weighted by molar-refractivity contribution is -0.137. The maximum absolute atomic E-state index is 13.1. The molecule has 0 heterocycles. The number of carboxylic acids is 1. The first-order valence-electron chi connectivity index (χ1n) is 11.1. The highest BCUT2D eigenvalue weighted by Crippen LogP contribution is 2.49. The number of benzene rings is 1. The summed E-state index contributed by atoms with van der Waals surface area (Å²) in [7, 11) is -3.56. The van der Waals surface area contributed by atoms with E-state index < -0.39 is 16.0 Å². The van der Waals surface area contributed by atoms with Crippen LogP contribution in [0.4, 0.5) is 0 Å². The number of unbranched alkanes of at least 4 members (excludes halogenated alkanes) is 1. The second-order valence-electron chi connectivity index (χ2n) is 9.21. The summed E-state index contributed by atoms with van der Waals surface area (Å²) in [5.74, 6) is 1.11. The van der Waals surface area contributed by atoms with Gasteiger partial charge in [-0.05, 0) is 94.1 Å². The summed E-state index contributed by atoms with van der Waals surface area (Å²) >= 11 is 0. The molecule has 3 fully saturated rings. The molecule has 0 spiro atoms. The largest absolute Gasteiger partial charge is 0.481 e. The van der Waals surface area contributed by atoms with Gasteiger partial charge in [0.2, 0.25) is 10.0 Å². The number of allylic oxidation sites excluding steroid dienone is 2. The van der Waals surface area contributed by atoms with Crippen molar-refractivity contribution in [1.29, 1.82) is 0 Å². The third kappa shape index (κ3) is 5.33. The summed E-state index contributed by atoms with van der Waals surface area (Å²) in [4.78, 5) is 11.1. The number of sulfonamides is 1. The van der Waals surface area contributed by atoms with Gasteiger partial charge < -0.3 is 5.11 Å². The maximum atomic E-state index is 13.1. The monoisotopic (exact) mass is 433 g/mol. The van der Waals surface area contributed by atoms with Crippen molar-refractivity contribution in [1.82, 2.24) is 4.72 Å². The summed E-state index contributed by atoms with van der Waals surface area (Å²) in [6, 6.07) is 3.85. The number of fused-ring (bicyclic) bond motifs is 3. The molecule has 0 amide bonds. The molecular formula is C24H35NO4S.